The monoisotopic (exact) mass is 1080 g/mol. The van der Waals surface area contributed by atoms with Gasteiger partial charge in [-0.3, -0.25) is 0 Å². The normalized spacial score (nSPS) is 15.7. The molecule has 8 nitrogen and oxygen atoms in total. The van der Waals surface area contributed by atoms with Crippen molar-refractivity contribution >= 4 is 90.3 Å². The molecule has 2 fully saturated rings. The van der Waals surface area contributed by atoms with E-state index < -0.39 is 0 Å². The minimum absolute atomic E-state index is 0.264. The highest BCUT2D eigenvalue weighted by molar-refractivity contribution is 7.02. The van der Waals surface area contributed by atoms with E-state index >= 15 is 0 Å². The van der Waals surface area contributed by atoms with E-state index in [0.29, 0.717) is 11.8 Å². The molecule has 4 aliphatic heterocycles. The van der Waals surface area contributed by atoms with E-state index in [0.717, 1.165) is 134 Å². The predicted octanol–water partition coefficient (Wildman–Crippen LogP) is 14.1. The zero-order valence-corrected chi connectivity index (χ0v) is 46.4. The predicted molar refractivity (Wildman–Crippen MR) is 342 cm³/mol. The maximum absolute atomic E-state index is 7.92. The molecule has 0 radical (unpaired) electrons. The molecule has 0 amide bonds. The second-order valence-corrected chi connectivity index (χ2v) is 24.4. The van der Waals surface area contributed by atoms with Gasteiger partial charge in [0.2, 0.25) is 0 Å². The third-order valence-corrected chi connectivity index (χ3v) is 19.8. The van der Waals surface area contributed by atoms with E-state index in [1.165, 1.54) is 97.2 Å². The first-order valence-corrected chi connectivity index (χ1v) is 30.5. The first-order chi connectivity index (χ1) is 41.7. The average Bonchev–Trinajstić information content (AvgIpc) is 1.32. The smallest absolute Gasteiger partial charge is 0.256 e. The Morgan fingerprint density at radius 3 is 1.11 bits per heavy atom. The maximum atomic E-state index is 7.92. The quantitative estimate of drug-likeness (QED) is 0.154. The van der Waals surface area contributed by atoms with Gasteiger partial charge in [-0.25, -0.2) is 19.9 Å². The van der Waals surface area contributed by atoms with Gasteiger partial charge in [0.05, 0.1) is 56.2 Å². The minimum atomic E-state index is -0.264. The largest absolute Gasteiger partial charge is 0.456 e. The molecule has 0 spiro atoms. The molecule has 7 aromatic carbocycles. The summed E-state index contributed by atoms with van der Waals surface area (Å²) in [6, 6.07) is 70.5. The van der Waals surface area contributed by atoms with Gasteiger partial charge in [0.15, 0.2) is 0 Å². The van der Waals surface area contributed by atoms with Crippen LogP contribution in [0.25, 0.3) is 101 Å². The minimum Gasteiger partial charge on any atom is -0.456 e. The van der Waals surface area contributed by atoms with Crippen LogP contribution in [0.4, 0.5) is 0 Å². The van der Waals surface area contributed by atoms with Gasteiger partial charge in [-0.1, -0.05) is 184 Å². The van der Waals surface area contributed by atoms with Crippen LogP contribution in [0.1, 0.15) is 87.2 Å². The lowest BCUT2D eigenvalue weighted by molar-refractivity contribution is 0.442. The summed E-state index contributed by atoms with van der Waals surface area (Å²) in [5.74, 6) is 4.40. The van der Waals surface area contributed by atoms with E-state index in [4.69, 9.17) is 29.4 Å². The van der Waals surface area contributed by atoms with Crippen molar-refractivity contribution < 1.29 is 9.47 Å². The van der Waals surface area contributed by atoms with Crippen LogP contribution in [0.5, 0.6) is 23.0 Å². The van der Waals surface area contributed by atoms with Crippen LogP contribution >= 0.6 is 0 Å². The molecular formula is C74H54B2N6O2. The van der Waals surface area contributed by atoms with E-state index in [1.807, 2.05) is 0 Å². The lowest BCUT2D eigenvalue weighted by atomic mass is 9.31. The Kier molecular flexibility index (Phi) is 10.1. The summed E-state index contributed by atoms with van der Waals surface area (Å²) >= 11 is 0. The number of fused-ring (bicyclic) bond motifs is 16. The van der Waals surface area contributed by atoms with Gasteiger partial charge in [0.1, 0.15) is 45.1 Å². The molecule has 0 unspecified atom stereocenters. The zero-order valence-electron chi connectivity index (χ0n) is 46.4. The van der Waals surface area contributed by atoms with E-state index in [-0.39, 0.29) is 13.4 Å². The summed E-state index contributed by atoms with van der Waals surface area (Å²) in [4.78, 5) is 22.8. The summed E-state index contributed by atoms with van der Waals surface area (Å²) in [5, 5.41) is 0. The summed E-state index contributed by atoms with van der Waals surface area (Å²) in [5.41, 5.74) is 27.0. The second-order valence-electron chi connectivity index (χ2n) is 24.4. The molecule has 0 bridgehead atoms. The zero-order chi connectivity index (χ0) is 54.7. The number of rotatable bonds is 6. The van der Waals surface area contributed by atoms with Crippen molar-refractivity contribution in [3.63, 3.8) is 0 Å². The average molecular weight is 1080 g/mol. The van der Waals surface area contributed by atoms with E-state index in [1.54, 1.807) is 0 Å². The molecule has 19 rings (SSSR count). The van der Waals surface area contributed by atoms with Crippen LogP contribution < -0.4 is 42.3 Å². The topological polar surface area (TPSA) is 79.9 Å². The fourth-order valence-electron chi connectivity index (χ4n) is 16.0. The molecule has 13 aromatic rings. The number of ether oxygens (including phenoxy) is 2. The van der Waals surface area contributed by atoms with Crippen LogP contribution in [-0.2, 0) is 0 Å². The van der Waals surface area contributed by atoms with Gasteiger partial charge >= 0.3 is 0 Å². The lowest BCUT2D eigenvalue weighted by Gasteiger charge is -2.41. The molecule has 6 aliphatic rings. The highest BCUT2D eigenvalue weighted by atomic mass is 16.5. The SMILES string of the molecule is c1ccc(-c2ccc3c(n2)c2nc(-c4ccccc4)cc4c2n3-c2c3c5c(c6c2B4c2cc(C4CCCCC4)ccc2O6)-n2c4ccc(-c6ccccc6)nc4c4nc(-c6ccccc6)cc(c42)B5c2cc(C4CCCCC4)ccc2O3)cc1. The number of benzene rings is 7. The summed E-state index contributed by atoms with van der Waals surface area (Å²) in [6.45, 7) is -0.529. The molecular weight excluding hydrogens is 1030 g/mol. The van der Waals surface area contributed by atoms with Crippen LogP contribution in [-0.4, -0.2) is 42.5 Å². The van der Waals surface area contributed by atoms with Crippen molar-refractivity contribution in [3.05, 3.63) is 205 Å². The first-order valence-electron chi connectivity index (χ1n) is 30.5. The third kappa shape index (κ3) is 6.73. The first kappa shape index (κ1) is 47.0. The molecule has 10 heteroatoms. The molecule has 84 heavy (non-hydrogen) atoms. The number of pyridine rings is 4. The van der Waals surface area contributed by atoms with Crippen molar-refractivity contribution in [2.24, 2.45) is 0 Å². The van der Waals surface area contributed by atoms with Crippen LogP contribution in [0.3, 0.4) is 0 Å². The van der Waals surface area contributed by atoms with Crippen LogP contribution in [0.15, 0.2) is 194 Å². The van der Waals surface area contributed by atoms with E-state index in [9.17, 15) is 0 Å². The second kappa shape index (κ2) is 18.0. The Bertz CT molecular complexity index is 4620. The molecule has 2 saturated carbocycles. The van der Waals surface area contributed by atoms with Crippen molar-refractivity contribution in [1.82, 2.24) is 29.1 Å². The molecule has 0 N–H and O–H groups in total. The standard InChI is InChI=1S/C74H54B2N6O2/c1-7-19-43(20-8-1)49-31-37-61-51(39-49)75-53-41-57(47-27-15-5-16-28-47)79-67-65-59(35-33-55(77-65)45-23-11-3-12-24-45)81(69(53)67)71-63(75)73(83-61)72-64-74(71)84-62-38-32-50(44-21-9-2-10-22-44)40-52(62)76(64)54-42-58(48-29-17-6-18-30-48)80-68-66-60(82(72)70(54)68)36-34-56(78-66)46-25-13-4-14-26-46/h3-6,11-18,23-44H,1-2,7-10,19-22H2. The van der Waals surface area contributed by atoms with Crippen molar-refractivity contribution in [3.8, 4) is 79.4 Å². The fourth-order valence-corrected chi connectivity index (χ4v) is 16.0. The molecule has 2 aliphatic carbocycles. The van der Waals surface area contributed by atoms with E-state index in [2.05, 4.69) is 203 Å². The van der Waals surface area contributed by atoms with Crippen molar-refractivity contribution in [1.29, 1.82) is 0 Å². The van der Waals surface area contributed by atoms with Gasteiger partial charge in [-0.05, 0) is 119 Å². The Hall–Kier alpha value is -9.53. The highest BCUT2D eigenvalue weighted by Crippen LogP contribution is 2.49. The fraction of sp³-hybridized carbons (Fsp3) is 0.162. The van der Waals surface area contributed by atoms with Crippen LogP contribution in [0, 0.1) is 0 Å². The number of aromatic nitrogens is 6. The maximum Gasteiger partial charge on any atom is 0.256 e. The number of hydrogen-bond acceptors (Lipinski definition) is 6. The van der Waals surface area contributed by atoms with Gasteiger partial charge in [-0.2, -0.15) is 0 Å². The Labute approximate surface area is 487 Å². The highest BCUT2D eigenvalue weighted by Gasteiger charge is 2.51. The van der Waals surface area contributed by atoms with Gasteiger partial charge in [0.25, 0.3) is 13.4 Å². The Morgan fingerprint density at radius 2 is 0.714 bits per heavy atom. The van der Waals surface area contributed by atoms with Crippen molar-refractivity contribution in [2.75, 3.05) is 0 Å². The molecule has 398 valence electrons. The summed E-state index contributed by atoms with van der Waals surface area (Å²) in [6.07, 6.45) is 12.4. The summed E-state index contributed by atoms with van der Waals surface area (Å²) < 4.78 is 20.8. The Morgan fingerprint density at radius 1 is 0.345 bits per heavy atom. The lowest BCUT2D eigenvalue weighted by Crippen LogP contribution is -2.63. The van der Waals surface area contributed by atoms with Gasteiger partial charge < -0.3 is 18.6 Å². The van der Waals surface area contributed by atoms with Gasteiger partial charge in [-0.15, -0.1) is 0 Å². The number of hydrogen-bond donors (Lipinski definition) is 0. The third-order valence-electron chi connectivity index (χ3n) is 19.8. The molecule has 10 heterocycles. The van der Waals surface area contributed by atoms with Gasteiger partial charge in [0, 0.05) is 33.2 Å². The molecule has 6 aromatic heterocycles. The summed E-state index contributed by atoms with van der Waals surface area (Å²) in [7, 11) is 0. The number of nitrogens with zero attached hydrogens (tertiary/aromatic N) is 6. The van der Waals surface area contributed by atoms with Crippen LogP contribution in [0.2, 0.25) is 0 Å². The Balaban J connectivity index is 0.987. The van der Waals surface area contributed by atoms with Crippen molar-refractivity contribution in [2.45, 2.75) is 76.0 Å². The molecule has 0 saturated heterocycles. The molecule has 0 atom stereocenters.